The molecular formula is C24H30N2O3S. The smallest absolute Gasteiger partial charge is 0.243 e. The van der Waals surface area contributed by atoms with Crippen molar-refractivity contribution in [2.75, 3.05) is 25.0 Å². The Kier molecular flexibility index (Phi) is 5.98. The molecule has 1 aliphatic carbocycles. The number of hydrogen-bond donors (Lipinski definition) is 0. The molecule has 0 saturated carbocycles. The first kappa shape index (κ1) is 21.1. The highest BCUT2D eigenvalue weighted by molar-refractivity contribution is 7.89. The van der Waals surface area contributed by atoms with Crippen LogP contribution in [-0.4, -0.2) is 38.8 Å². The van der Waals surface area contributed by atoms with Crippen molar-refractivity contribution in [2.45, 2.75) is 50.3 Å². The number of benzene rings is 2. The van der Waals surface area contributed by atoms with E-state index >= 15 is 0 Å². The van der Waals surface area contributed by atoms with Crippen LogP contribution >= 0.6 is 0 Å². The van der Waals surface area contributed by atoms with Gasteiger partial charge in [-0.3, -0.25) is 4.79 Å². The summed E-state index contributed by atoms with van der Waals surface area (Å²) in [5.74, 6) is -0.0871. The molecule has 1 amide bonds. The minimum atomic E-state index is -3.51. The van der Waals surface area contributed by atoms with Gasteiger partial charge >= 0.3 is 0 Å². The first-order valence-corrected chi connectivity index (χ1v) is 12.3. The molecule has 0 unspecified atom stereocenters. The predicted molar refractivity (Wildman–Crippen MR) is 119 cm³/mol. The zero-order valence-electron chi connectivity index (χ0n) is 17.8. The van der Waals surface area contributed by atoms with Crippen LogP contribution < -0.4 is 4.90 Å². The Morgan fingerprint density at radius 3 is 2.27 bits per heavy atom. The lowest BCUT2D eigenvalue weighted by Gasteiger charge is -2.32. The fraction of sp³-hybridized carbons (Fsp3) is 0.458. The molecule has 0 spiro atoms. The van der Waals surface area contributed by atoms with Crippen LogP contribution in [0.5, 0.6) is 0 Å². The van der Waals surface area contributed by atoms with E-state index < -0.39 is 10.0 Å². The molecule has 0 radical (unpaired) electrons. The van der Waals surface area contributed by atoms with Crippen molar-refractivity contribution >= 4 is 21.6 Å². The molecule has 4 rings (SSSR count). The molecule has 1 fully saturated rings. The van der Waals surface area contributed by atoms with Crippen LogP contribution in [0.25, 0.3) is 0 Å². The number of anilines is 1. The summed E-state index contributed by atoms with van der Waals surface area (Å²) >= 11 is 0. The molecule has 2 aromatic rings. The number of carbonyl (C=O) groups is 1. The number of amides is 1. The number of piperidine rings is 1. The lowest BCUT2D eigenvalue weighted by Crippen LogP contribution is -2.43. The van der Waals surface area contributed by atoms with Gasteiger partial charge in [0.15, 0.2) is 0 Å². The molecule has 30 heavy (non-hydrogen) atoms. The summed E-state index contributed by atoms with van der Waals surface area (Å²) in [5.41, 5.74) is 4.48. The summed E-state index contributed by atoms with van der Waals surface area (Å²) in [4.78, 5) is 15.0. The fourth-order valence-corrected chi connectivity index (χ4v) is 6.05. The largest absolute Gasteiger partial charge is 0.315 e. The topological polar surface area (TPSA) is 57.7 Å². The molecule has 0 atom stereocenters. The van der Waals surface area contributed by atoms with Gasteiger partial charge in [-0.05, 0) is 80.8 Å². The number of sulfonamides is 1. The quantitative estimate of drug-likeness (QED) is 0.744. The van der Waals surface area contributed by atoms with Gasteiger partial charge in [-0.1, -0.05) is 23.8 Å². The maximum Gasteiger partial charge on any atom is 0.243 e. The molecule has 0 N–H and O–H groups in total. The molecule has 2 aliphatic rings. The zero-order valence-corrected chi connectivity index (χ0v) is 18.6. The van der Waals surface area contributed by atoms with Crippen LogP contribution in [0, 0.1) is 12.8 Å². The van der Waals surface area contributed by atoms with Gasteiger partial charge in [0.05, 0.1) is 4.90 Å². The third kappa shape index (κ3) is 4.16. The molecule has 0 aromatic heterocycles. The van der Waals surface area contributed by atoms with Crippen LogP contribution in [0.2, 0.25) is 0 Å². The number of hydrogen-bond acceptors (Lipinski definition) is 3. The van der Waals surface area contributed by atoms with Crippen LogP contribution in [-0.2, 0) is 27.7 Å². The van der Waals surface area contributed by atoms with Crippen LogP contribution in [0.4, 0.5) is 5.69 Å². The number of aryl methyl sites for hydroxylation is 3. The molecule has 6 heteroatoms. The van der Waals surface area contributed by atoms with Gasteiger partial charge in [0.1, 0.15) is 0 Å². The predicted octanol–water partition coefficient (Wildman–Crippen LogP) is 3.94. The normalized spacial score (nSPS) is 18.1. The van der Waals surface area contributed by atoms with Gasteiger partial charge in [0.2, 0.25) is 15.9 Å². The Balaban J connectivity index is 1.42. The summed E-state index contributed by atoms with van der Waals surface area (Å²) in [6, 6.07) is 13.5. The Labute approximate surface area is 179 Å². The average Bonchev–Trinajstić information content (AvgIpc) is 2.78. The summed E-state index contributed by atoms with van der Waals surface area (Å²) in [6.45, 7) is 2.79. The van der Waals surface area contributed by atoms with Crippen molar-refractivity contribution in [1.29, 1.82) is 0 Å². The minimum Gasteiger partial charge on any atom is -0.315 e. The van der Waals surface area contributed by atoms with E-state index in [1.165, 1.54) is 17.5 Å². The second-order valence-corrected chi connectivity index (χ2v) is 10.5. The summed E-state index contributed by atoms with van der Waals surface area (Å²) in [6.07, 6.45) is 5.41. The number of rotatable bonds is 4. The van der Waals surface area contributed by atoms with E-state index in [0.717, 1.165) is 30.5 Å². The summed E-state index contributed by atoms with van der Waals surface area (Å²) in [7, 11) is -1.72. The highest BCUT2D eigenvalue weighted by Crippen LogP contribution is 2.29. The first-order chi connectivity index (χ1) is 14.4. The van der Waals surface area contributed by atoms with E-state index in [-0.39, 0.29) is 11.8 Å². The third-order valence-corrected chi connectivity index (χ3v) is 8.41. The third-order valence-electron chi connectivity index (χ3n) is 6.51. The Hall–Kier alpha value is -2.18. The highest BCUT2D eigenvalue weighted by Gasteiger charge is 2.33. The fourth-order valence-electron chi connectivity index (χ4n) is 4.53. The Morgan fingerprint density at radius 2 is 1.60 bits per heavy atom. The monoisotopic (exact) mass is 426 g/mol. The van der Waals surface area contributed by atoms with Crippen molar-refractivity contribution < 1.29 is 13.2 Å². The standard InChI is InChI=1S/C24H30N2O3S/c1-18-7-10-22(11-8-18)25(2)24(27)20-13-15-26(16-14-20)30(28,29)23-12-9-19-5-3-4-6-21(19)17-23/h7-12,17,20H,3-6,13-16H2,1-2H3. The van der Waals surface area contributed by atoms with Gasteiger partial charge in [-0.25, -0.2) is 8.42 Å². The van der Waals surface area contributed by atoms with E-state index in [1.807, 2.05) is 43.3 Å². The molecule has 2 aromatic carbocycles. The van der Waals surface area contributed by atoms with Crippen molar-refractivity contribution in [3.05, 3.63) is 59.2 Å². The number of carbonyl (C=O) groups excluding carboxylic acids is 1. The lowest BCUT2D eigenvalue weighted by molar-refractivity contribution is -0.123. The molecule has 5 nitrogen and oxygen atoms in total. The SMILES string of the molecule is Cc1ccc(N(C)C(=O)C2CCN(S(=O)(=O)c3ccc4c(c3)CCCC4)CC2)cc1. The summed E-state index contributed by atoms with van der Waals surface area (Å²) in [5, 5.41) is 0. The molecule has 1 saturated heterocycles. The van der Waals surface area contributed by atoms with Crippen molar-refractivity contribution in [1.82, 2.24) is 4.31 Å². The van der Waals surface area contributed by atoms with Gasteiger partial charge in [0.25, 0.3) is 0 Å². The van der Waals surface area contributed by atoms with Crippen LogP contribution in [0.1, 0.15) is 42.4 Å². The Morgan fingerprint density at radius 1 is 0.967 bits per heavy atom. The van der Waals surface area contributed by atoms with E-state index in [2.05, 4.69) is 0 Å². The minimum absolute atomic E-state index is 0.0599. The lowest BCUT2D eigenvalue weighted by atomic mass is 9.92. The maximum absolute atomic E-state index is 13.2. The average molecular weight is 427 g/mol. The Bertz CT molecular complexity index is 1020. The zero-order chi connectivity index (χ0) is 21.3. The molecule has 1 heterocycles. The molecular weight excluding hydrogens is 396 g/mol. The molecule has 160 valence electrons. The van der Waals surface area contributed by atoms with Crippen molar-refractivity contribution in [3.8, 4) is 0 Å². The van der Waals surface area contributed by atoms with Gasteiger partial charge in [-0.15, -0.1) is 0 Å². The molecule has 1 aliphatic heterocycles. The second kappa shape index (κ2) is 8.52. The molecule has 0 bridgehead atoms. The van der Waals surface area contributed by atoms with Crippen molar-refractivity contribution in [3.63, 3.8) is 0 Å². The van der Waals surface area contributed by atoms with E-state index in [4.69, 9.17) is 0 Å². The van der Waals surface area contributed by atoms with Crippen LogP contribution in [0.15, 0.2) is 47.4 Å². The van der Waals surface area contributed by atoms with E-state index in [9.17, 15) is 13.2 Å². The van der Waals surface area contributed by atoms with Gasteiger partial charge < -0.3 is 4.90 Å². The van der Waals surface area contributed by atoms with E-state index in [1.54, 1.807) is 22.3 Å². The maximum atomic E-state index is 13.2. The first-order valence-electron chi connectivity index (χ1n) is 10.8. The number of nitrogens with zero attached hydrogens (tertiary/aromatic N) is 2. The summed E-state index contributed by atoms with van der Waals surface area (Å²) < 4.78 is 27.9. The second-order valence-electron chi connectivity index (χ2n) is 8.55. The highest BCUT2D eigenvalue weighted by atomic mass is 32.2. The van der Waals surface area contributed by atoms with E-state index in [0.29, 0.717) is 30.8 Å². The van der Waals surface area contributed by atoms with Gasteiger partial charge in [0, 0.05) is 31.7 Å². The van der Waals surface area contributed by atoms with Crippen LogP contribution in [0.3, 0.4) is 0 Å². The van der Waals surface area contributed by atoms with Crippen molar-refractivity contribution in [2.24, 2.45) is 5.92 Å². The van der Waals surface area contributed by atoms with Gasteiger partial charge in [-0.2, -0.15) is 4.31 Å². The number of fused-ring (bicyclic) bond motifs is 1.